The van der Waals surface area contributed by atoms with Crippen LogP contribution in [0.5, 0.6) is 0 Å². The van der Waals surface area contributed by atoms with Crippen LogP contribution in [0.25, 0.3) is 0 Å². The minimum absolute atomic E-state index is 0.00490. The van der Waals surface area contributed by atoms with Crippen molar-refractivity contribution in [1.29, 1.82) is 0 Å². The molecule has 1 aromatic rings. The minimum atomic E-state index is -1.37. The average Bonchev–Trinajstić information content (AvgIpc) is 3.12. The maximum atomic E-state index is 13.7. The van der Waals surface area contributed by atoms with E-state index in [1.54, 1.807) is 6.21 Å². The number of anilines is 1. The van der Waals surface area contributed by atoms with Gasteiger partial charge in [-0.05, 0) is 38.0 Å². The zero-order valence-corrected chi connectivity index (χ0v) is 23.8. The van der Waals surface area contributed by atoms with Gasteiger partial charge in [0.25, 0.3) is 0 Å². The fourth-order valence-corrected chi connectivity index (χ4v) is 5.20. The van der Waals surface area contributed by atoms with Gasteiger partial charge in [-0.25, -0.2) is 4.98 Å². The van der Waals surface area contributed by atoms with Gasteiger partial charge in [-0.3, -0.25) is 14.6 Å². The number of hydrogen-bond donors (Lipinski definition) is 1. The molecule has 40 heavy (non-hydrogen) atoms. The van der Waals surface area contributed by atoms with Crippen molar-refractivity contribution >= 4 is 29.7 Å². The average molecular weight is 559 g/mol. The van der Waals surface area contributed by atoms with E-state index in [1.165, 1.54) is 0 Å². The highest BCUT2D eigenvalue weighted by atomic mass is 19.1. The molecule has 220 valence electrons. The Labute approximate surface area is 236 Å². The number of unbranched alkanes of at least 4 members (excludes halogenated alkanes) is 6. The zero-order chi connectivity index (χ0) is 29.0. The molecule has 2 aliphatic rings. The van der Waals surface area contributed by atoms with E-state index in [1.807, 2.05) is 0 Å². The number of rotatable bonds is 15. The first-order valence-corrected chi connectivity index (χ1v) is 14.7. The summed E-state index contributed by atoms with van der Waals surface area (Å²) in [6.45, 7) is 4.03. The van der Waals surface area contributed by atoms with E-state index >= 15 is 0 Å². The summed E-state index contributed by atoms with van der Waals surface area (Å²) in [4.78, 5) is 37.0. The van der Waals surface area contributed by atoms with Crippen LogP contribution >= 0.6 is 0 Å². The molecule has 3 heterocycles. The van der Waals surface area contributed by atoms with Crippen molar-refractivity contribution in [1.82, 2.24) is 9.97 Å². The molecule has 1 fully saturated rings. The first-order chi connectivity index (χ1) is 19.3. The number of nitrogens with zero attached hydrogens (tertiary/aromatic N) is 3. The molecule has 2 N–H and O–H groups in total. The summed E-state index contributed by atoms with van der Waals surface area (Å²) in [5.74, 6) is 1.95. The fourth-order valence-electron chi connectivity index (χ4n) is 5.20. The van der Waals surface area contributed by atoms with Crippen molar-refractivity contribution in [3.63, 3.8) is 0 Å². The number of terminal acetylenes is 1. The molecule has 0 saturated carbocycles. The SMILES string of the molecule is C#C[C@]1(COC(=O)CCCCCC)O[C@@H](CC2C=Nc3c(N)nc(F)nc3CC2)C[C@@H]1OC(=O)CCCCCC. The van der Waals surface area contributed by atoms with Crippen LogP contribution in [-0.4, -0.2) is 52.5 Å². The molecule has 0 amide bonds. The van der Waals surface area contributed by atoms with Gasteiger partial charge in [0.2, 0.25) is 0 Å². The molecule has 1 aromatic heterocycles. The lowest BCUT2D eigenvalue weighted by Gasteiger charge is -2.29. The highest BCUT2D eigenvalue weighted by Gasteiger charge is 2.51. The van der Waals surface area contributed by atoms with Crippen molar-refractivity contribution in [3.8, 4) is 12.3 Å². The Morgan fingerprint density at radius 2 is 1.82 bits per heavy atom. The summed E-state index contributed by atoms with van der Waals surface area (Å²) in [6, 6.07) is 0. The van der Waals surface area contributed by atoms with Gasteiger partial charge in [0.05, 0.1) is 11.8 Å². The summed E-state index contributed by atoms with van der Waals surface area (Å²) in [5, 5.41) is 0. The molecule has 3 rings (SSSR count). The number of hydrogen-bond acceptors (Lipinski definition) is 9. The van der Waals surface area contributed by atoms with Crippen LogP contribution in [0.4, 0.5) is 15.9 Å². The number of nitrogens with two attached hydrogens (primary N) is 1. The normalized spacial score (nSPS) is 23.7. The summed E-state index contributed by atoms with van der Waals surface area (Å²) in [6.07, 6.45) is 16.0. The van der Waals surface area contributed by atoms with E-state index in [4.69, 9.17) is 26.4 Å². The van der Waals surface area contributed by atoms with Crippen LogP contribution in [0.15, 0.2) is 4.99 Å². The molecule has 0 radical (unpaired) electrons. The Bertz CT molecular complexity index is 1070. The summed E-state index contributed by atoms with van der Waals surface area (Å²) in [7, 11) is 0. The maximum absolute atomic E-state index is 13.7. The highest BCUT2D eigenvalue weighted by molar-refractivity contribution is 5.73. The van der Waals surface area contributed by atoms with Crippen LogP contribution in [-0.2, 0) is 30.2 Å². The number of aromatic nitrogens is 2. The van der Waals surface area contributed by atoms with Gasteiger partial charge in [-0.15, -0.1) is 6.42 Å². The number of carbonyl (C=O) groups excluding carboxylic acids is 2. The first-order valence-electron chi connectivity index (χ1n) is 14.7. The minimum Gasteiger partial charge on any atom is -0.461 e. The van der Waals surface area contributed by atoms with Gasteiger partial charge in [-0.2, -0.15) is 9.37 Å². The van der Waals surface area contributed by atoms with Crippen LogP contribution in [0.2, 0.25) is 0 Å². The Hall–Kier alpha value is -3.06. The van der Waals surface area contributed by atoms with E-state index in [0.717, 1.165) is 51.4 Å². The van der Waals surface area contributed by atoms with E-state index < -0.39 is 17.8 Å². The lowest BCUT2D eigenvalue weighted by molar-refractivity contribution is -0.165. The standard InChI is InChI=1S/C30H43FN4O5/c1-4-7-9-11-13-25(36)38-20-30(6-3)24(39-26(37)14-12-10-8-5-2)18-22(40-30)17-21-15-16-23-27(33-19-21)28(32)35-29(31)34-23/h3,19,21-22,24H,4-5,7-18,20H2,1-2H3,(H2,32,34,35)/t21?,22-,24-,30+/m0/s1. The fraction of sp³-hybridized carbons (Fsp3) is 0.700. The molecule has 0 bridgehead atoms. The molecule has 2 aliphatic heterocycles. The van der Waals surface area contributed by atoms with Gasteiger partial charge >= 0.3 is 18.0 Å². The predicted molar refractivity (Wildman–Crippen MR) is 150 cm³/mol. The monoisotopic (exact) mass is 558 g/mol. The third kappa shape index (κ3) is 8.98. The molecule has 0 spiro atoms. The number of aliphatic imine (C=N–C) groups is 1. The van der Waals surface area contributed by atoms with Crippen LogP contribution in [0.3, 0.4) is 0 Å². The predicted octanol–water partition coefficient (Wildman–Crippen LogP) is 5.41. The Balaban J connectivity index is 1.66. The second-order valence-corrected chi connectivity index (χ2v) is 10.8. The van der Waals surface area contributed by atoms with Crippen molar-refractivity contribution in [2.24, 2.45) is 10.9 Å². The van der Waals surface area contributed by atoms with E-state index in [0.29, 0.717) is 49.9 Å². The van der Waals surface area contributed by atoms with Crippen LogP contribution < -0.4 is 5.73 Å². The third-order valence-electron chi connectivity index (χ3n) is 7.50. The first kappa shape index (κ1) is 31.5. The quantitative estimate of drug-likeness (QED) is 0.131. The van der Waals surface area contributed by atoms with Crippen LogP contribution in [0.1, 0.15) is 103 Å². The molecular weight excluding hydrogens is 515 g/mol. The Morgan fingerprint density at radius 1 is 1.12 bits per heavy atom. The summed E-state index contributed by atoms with van der Waals surface area (Å²) < 4.78 is 31.4. The number of nitrogen functional groups attached to an aromatic ring is 1. The topological polar surface area (TPSA) is 126 Å². The second kappa shape index (κ2) is 15.7. The smallest absolute Gasteiger partial charge is 0.310 e. The summed E-state index contributed by atoms with van der Waals surface area (Å²) in [5.41, 5.74) is 5.33. The lowest BCUT2D eigenvalue weighted by atomic mass is 9.93. The highest BCUT2D eigenvalue weighted by Crippen LogP contribution is 2.38. The van der Waals surface area contributed by atoms with Crippen molar-refractivity contribution in [3.05, 3.63) is 11.8 Å². The van der Waals surface area contributed by atoms with Crippen molar-refractivity contribution < 1.29 is 28.2 Å². The molecule has 9 nitrogen and oxygen atoms in total. The Kier molecular flexibility index (Phi) is 12.3. The second-order valence-electron chi connectivity index (χ2n) is 10.8. The number of carbonyl (C=O) groups is 2. The lowest BCUT2D eigenvalue weighted by Crippen LogP contribution is -2.45. The van der Waals surface area contributed by atoms with E-state index in [-0.39, 0.29) is 36.4 Å². The Morgan fingerprint density at radius 3 is 2.50 bits per heavy atom. The molecule has 1 unspecified atom stereocenters. The zero-order valence-electron chi connectivity index (χ0n) is 23.8. The molecule has 0 aromatic carbocycles. The molecule has 4 atom stereocenters. The van der Waals surface area contributed by atoms with Gasteiger partial charge in [0.15, 0.2) is 11.4 Å². The van der Waals surface area contributed by atoms with Gasteiger partial charge in [-0.1, -0.05) is 58.3 Å². The van der Waals surface area contributed by atoms with E-state index in [9.17, 15) is 14.0 Å². The van der Waals surface area contributed by atoms with Gasteiger partial charge in [0.1, 0.15) is 18.4 Å². The van der Waals surface area contributed by atoms with Gasteiger partial charge in [0, 0.05) is 25.5 Å². The van der Waals surface area contributed by atoms with Gasteiger partial charge < -0.3 is 19.9 Å². The molecule has 10 heteroatoms. The number of halogens is 1. The summed E-state index contributed by atoms with van der Waals surface area (Å²) >= 11 is 0. The van der Waals surface area contributed by atoms with Crippen molar-refractivity contribution in [2.75, 3.05) is 12.3 Å². The number of fused-ring (bicyclic) bond motifs is 1. The van der Waals surface area contributed by atoms with E-state index in [2.05, 4.69) is 34.7 Å². The number of aryl methyl sites for hydroxylation is 1. The molecule has 0 aliphatic carbocycles. The largest absolute Gasteiger partial charge is 0.461 e. The maximum Gasteiger partial charge on any atom is 0.310 e. The van der Waals surface area contributed by atoms with Crippen molar-refractivity contribution in [2.45, 2.75) is 122 Å². The molecular formula is C30H43FN4O5. The number of esters is 2. The third-order valence-corrected chi connectivity index (χ3v) is 7.50. The number of ether oxygens (including phenoxy) is 3. The molecule has 1 saturated heterocycles. The van der Waals surface area contributed by atoms with Crippen LogP contribution in [0, 0.1) is 24.3 Å².